The van der Waals surface area contributed by atoms with Gasteiger partial charge in [-0.2, -0.15) is 0 Å². The maximum atomic E-state index is 5.83. The molecule has 0 amide bonds. The molecule has 5 nitrogen and oxygen atoms in total. The van der Waals surface area contributed by atoms with Crippen molar-refractivity contribution in [1.82, 2.24) is 4.98 Å². The third-order valence-corrected chi connectivity index (χ3v) is 2.85. The lowest BCUT2D eigenvalue weighted by Gasteiger charge is -2.07. The van der Waals surface area contributed by atoms with E-state index in [0.717, 1.165) is 5.69 Å². The van der Waals surface area contributed by atoms with Crippen LogP contribution in [-0.4, -0.2) is 10.9 Å². The van der Waals surface area contributed by atoms with Crippen LogP contribution in [-0.2, 0) is 6.54 Å². The van der Waals surface area contributed by atoms with Crippen molar-refractivity contribution < 1.29 is 4.42 Å². The van der Waals surface area contributed by atoms with Gasteiger partial charge in [0.1, 0.15) is 12.3 Å². The van der Waals surface area contributed by atoms with Crippen LogP contribution in [0.3, 0.4) is 0 Å². The van der Waals surface area contributed by atoms with Gasteiger partial charge in [-0.3, -0.25) is 0 Å². The summed E-state index contributed by atoms with van der Waals surface area (Å²) in [5.41, 5.74) is 9.21. The first kappa shape index (κ1) is 13.1. The maximum Gasteiger partial charge on any atom is 0.193 e. The molecular formula is C14H18N4O. The van der Waals surface area contributed by atoms with E-state index < -0.39 is 0 Å². The molecule has 0 radical (unpaired) electrons. The summed E-state index contributed by atoms with van der Waals surface area (Å²) >= 11 is 0. The number of anilines is 1. The van der Waals surface area contributed by atoms with E-state index >= 15 is 0 Å². The van der Waals surface area contributed by atoms with Crippen LogP contribution in [0.4, 0.5) is 5.69 Å². The Morgan fingerprint density at radius 1 is 1.32 bits per heavy atom. The van der Waals surface area contributed by atoms with Gasteiger partial charge in [-0.05, 0) is 37.1 Å². The smallest absolute Gasteiger partial charge is 0.193 e. The molecule has 0 fully saturated rings. The Morgan fingerprint density at radius 2 is 2.11 bits per heavy atom. The zero-order valence-corrected chi connectivity index (χ0v) is 11.4. The summed E-state index contributed by atoms with van der Waals surface area (Å²) in [6, 6.07) is 6.06. The van der Waals surface area contributed by atoms with Gasteiger partial charge in [0.05, 0.1) is 6.20 Å². The number of aromatic nitrogens is 1. The average Bonchev–Trinajstić information content (AvgIpc) is 2.77. The fourth-order valence-electron chi connectivity index (χ4n) is 1.65. The van der Waals surface area contributed by atoms with Gasteiger partial charge in [0.25, 0.3) is 0 Å². The topological polar surface area (TPSA) is 76.4 Å². The van der Waals surface area contributed by atoms with Gasteiger partial charge in [0.2, 0.25) is 0 Å². The third kappa shape index (κ3) is 3.58. The molecule has 0 aliphatic carbocycles. The first-order valence-corrected chi connectivity index (χ1v) is 6.10. The number of aryl methyl sites for hydroxylation is 3. The molecule has 3 N–H and O–H groups in total. The Morgan fingerprint density at radius 3 is 2.74 bits per heavy atom. The van der Waals surface area contributed by atoms with Crippen molar-refractivity contribution in [2.24, 2.45) is 10.7 Å². The fourth-order valence-corrected chi connectivity index (χ4v) is 1.65. The largest absolute Gasteiger partial charge is 0.444 e. The van der Waals surface area contributed by atoms with Crippen LogP contribution in [0, 0.1) is 20.8 Å². The van der Waals surface area contributed by atoms with Crippen molar-refractivity contribution in [2.75, 3.05) is 5.32 Å². The van der Waals surface area contributed by atoms with E-state index in [1.54, 1.807) is 13.1 Å². The standard InChI is InChI=1S/C14H18N4O/c1-9-4-5-12(6-10(9)2)18-14(15)17-8-13-7-16-11(3)19-13/h4-7H,8H2,1-3H3,(H3,15,17,18). The monoisotopic (exact) mass is 258 g/mol. The Bertz CT molecular complexity index is 601. The van der Waals surface area contributed by atoms with Gasteiger partial charge >= 0.3 is 0 Å². The van der Waals surface area contributed by atoms with Crippen LogP contribution in [0.1, 0.15) is 22.8 Å². The molecule has 0 saturated carbocycles. The van der Waals surface area contributed by atoms with Gasteiger partial charge < -0.3 is 15.5 Å². The third-order valence-electron chi connectivity index (χ3n) is 2.85. The van der Waals surface area contributed by atoms with Crippen molar-refractivity contribution in [3.05, 3.63) is 47.2 Å². The number of benzene rings is 1. The van der Waals surface area contributed by atoms with E-state index in [0.29, 0.717) is 24.2 Å². The van der Waals surface area contributed by atoms with Crippen molar-refractivity contribution in [3.63, 3.8) is 0 Å². The predicted octanol–water partition coefficient (Wildman–Crippen LogP) is 2.53. The molecule has 1 heterocycles. The second kappa shape index (κ2) is 5.56. The summed E-state index contributed by atoms with van der Waals surface area (Å²) in [7, 11) is 0. The van der Waals surface area contributed by atoms with Gasteiger partial charge in [-0.15, -0.1) is 0 Å². The summed E-state index contributed by atoms with van der Waals surface area (Å²) in [6.45, 7) is 6.31. The molecule has 0 bridgehead atoms. The normalized spacial score (nSPS) is 11.6. The quantitative estimate of drug-likeness (QED) is 0.655. The average molecular weight is 258 g/mol. The molecule has 0 atom stereocenters. The highest BCUT2D eigenvalue weighted by molar-refractivity contribution is 5.92. The van der Waals surface area contributed by atoms with E-state index in [1.807, 2.05) is 18.2 Å². The van der Waals surface area contributed by atoms with Crippen molar-refractivity contribution >= 4 is 11.6 Å². The number of hydrogen-bond acceptors (Lipinski definition) is 3. The van der Waals surface area contributed by atoms with Crippen molar-refractivity contribution in [1.29, 1.82) is 0 Å². The summed E-state index contributed by atoms with van der Waals surface area (Å²) in [5.74, 6) is 1.69. The van der Waals surface area contributed by atoms with Gasteiger partial charge in [0, 0.05) is 12.6 Å². The summed E-state index contributed by atoms with van der Waals surface area (Å²) in [6.07, 6.45) is 1.65. The van der Waals surface area contributed by atoms with E-state index in [9.17, 15) is 0 Å². The Balaban J connectivity index is 1.99. The van der Waals surface area contributed by atoms with Crippen LogP contribution < -0.4 is 11.1 Å². The minimum Gasteiger partial charge on any atom is -0.444 e. The molecule has 0 saturated heterocycles. The molecule has 0 unspecified atom stereocenters. The van der Waals surface area contributed by atoms with Crippen molar-refractivity contribution in [2.45, 2.75) is 27.3 Å². The number of nitrogens with two attached hydrogens (primary N) is 1. The fraction of sp³-hybridized carbons (Fsp3) is 0.286. The van der Waals surface area contributed by atoms with Crippen LogP contribution in [0.25, 0.3) is 0 Å². The van der Waals surface area contributed by atoms with E-state index in [1.165, 1.54) is 11.1 Å². The molecular weight excluding hydrogens is 240 g/mol. The SMILES string of the molecule is Cc1ncc(CN=C(N)Nc2ccc(C)c(C)c2)o1. The molecule has 19 heavy (non-hydrogen) atoms. The van der Waals surface area contributed by atoms with Gasteiger partial charge in [-0.25, -0.2) is 9.98 Å². The second-order valence-electron chi connectivity index (χ2n) is 4.47. The molecule has 0 spiro atoms. The molecule has 1 aromatic heterocycles. The zero-order chi connectivity index (χ0) is 13.8. The summed E-state index contributed by atoms with van der Waals surface area (Å²) in [5, 5.41) is 3.05. The van der Waals surface area contributed by atoms with Gasteiger partial charge in [0.15, 0.2) is 11.9 Å². The van der Waals surface area contributed by atoms with E-state index in [4.69, 9.17) is 10.2 Å². The number of nitrogens with one attached hydrogen (secondary N) is 1. The minimum absolute atomic E-state index is 0.359. The predicted molar refractivity (Wildman–Crippen MR) is 76.1 cm³/mol. The number of hydrogen-bond donors (Lipinski definition) is 2. The molecule has 2 aromatic rings. The summed E-state index contributed by atoms with van der Waals surface area (Å²) < 4.78 is 5.32. The minimum atomic E-state index is 0.359. The van der Waals surface area contributed by atoms with Crippen LogP contribution in [0.5, 0.6) is 0 Å². The highest BCUT2D eigenvalue weighted by atomic mass is 16.4. The first-order chi connectivity index (χ1) is 9.04. The highest BCUT2D eigenvalue weighted by Crippen LogP contribution is 2.13. The molecule has 5 heteroatoms. The Kier molecular flexibility index (Phi) is 3.85. The number of nitrogens with zero attached hydrogens (tertiary/aromatic N) is 2. The molecule has 0 aliphatic heterocycles. The number of rotatable bonds is 3. The molecule has 100 valence electrons. The van der Waals surface area contributed by atoms with Crippen LogP contribution in [0.15, 0.2) is 33.8 Å². The van der Waals surface area contributed by atoms with Crippen LogP contribution in [0.2, 0.25) is 0 Å². The first-order valence-electron chi connectivity index (χ1n) is 6.10. The lowest BCUT2D eigenvalue weighted by Crippen LogP contribution is -2.22. The van der Waals surface area contributed by atoms with E-state index in [-0.39, 0.29) is 0 Å². The van der Waals surface area contributed by atoms with Crippen LogP contribution >= 0.6 is 0 Å². The zero-order valence-electron chi connectivity index (χ0n) is 11.4. The van der Waals surface area contributed by atoms with Crippen molar-refractivity contribution in [3.8, 4) is 0 Å². The Hall–Kier alpha value is -2.30. The van der Waals surface area contributed by atoms with E-state index in [2.05, 4.69) is 29.1 Å². The molecule has 1 aromatic carbocycles. The number of guanidine groups is 1. The van der Waals surface area contributed by atoms with Gasteiger partial charge in [-0.1, -0.05) is 6.07 Å². The number of aliphatic imine (C=N–C) groups is 1. The lowest BCUT2D eigenvalue weighted by atomic mass is 10.1. The molecule has 2 rings (SSSR count). The molecule has 0 aliphatic rings. The maximum absolute atomic E-state index is 5.83. The summed E-state index contributed by atoms with van der Waals surface area (Å²) in [4.78, 5) is 8.21. The lowest BCUT2D eigenvalue weighted by molar-refractivity contribution is 0.477. The highest BCUT2D eigenvalue weighted by Gasteiger charge is 2.00. The second-order valence-corrected chi connectivity index (χ2v) is 4.47. The Labute approximate surface area is 112 Å². The number of oxazole rings is 1.